The van der Waals surface area contributed by atoms with E-state index in [0.717, 1.165) is 0 Å². The highest BCUT2D eigenvalue weighted by Gasteiger charge is 2.22. The zero-order chi connectivity index (χ0) is 10.1. The topological polar surface area (TPSA) is 44.0 Å². The predicted octanol–water partition coefficient (Wildman–Crippen LogP) is 2.72. The van der Waals surface area contributed by atoms with Gasteiger partial charge in [0.2, 0.25) is 0 Å². The van der Waals surface area contributed by atoms with E-state index in [0.29, 0.717) is 15.6 Å². The van der Waals surface area contributed by atoms with Gasteiger partial charge in [-0.1, -0.05) is 29.3 Å². The molecule has 0 bridgehead atoms. The van der Waals surface area contributed by atoms with Crippen molar-refractivity contribution >= 4 is 23.2 Å². The lowest BCUT2D eigenvalue weighted by Gasteiger charge is -2.14. The third-order valence-electron chi connectivity index (χ3n) is 1.70. The Morgan fingerprint density at radius 3 is 2.46 bits per heavy atom. The molecule has 0 saturated carbocycles. The summed E-state index contributed by atoms with van der Waals surface area (Å²) in [5, 5.41) is 18.9. The van der Waals surface area contributed by atoms with Gasteiger partial charge in [-0.05, 0) is 24.6 Å². The van der Waals surface area contributed by atoms with Crippen LogP contribution < -0.4 is 0 Å². The molecule has 1 unspecified atom stereocenters. The van der Waals surface area contributed by atoms with Crippen molar-refractivity contribution in [2.24, 2.45) is 0 Å². The van der Waals surface area contributed by atoms with E-state index < -0.39 is 5.60 Å². The molecule has 4 heteroatoms. The Morgan fingerprint density at radius 1 is 1.38 bits per heavy atom. The number of hydrogen-bond donors (Lipinski definition) is 1. The number of nitriles is 1. The van der Waals surface area contributed by atoms with Gasteiger partial charge in [0.05, 0.1) is 10.0 Å². The summed E-state index contributed by atoms with van der Waals surface area (Å²) in [6.45, 7) is 1.40. The van der Waals surface area contributed by atoms with Crippen LogP contribution in [-0.4, -0.2) is 5.11 Å². The maximum absolute atomic E-state index is 9.55. The fourth-order valence-corrected chi connectivity index (χ4v) is 1.16. The molecule has 0 amide bonds. The monoisotopic (exact) mass is 215 g/mol. The van der Waals surface area contributed by atoms with Crippen LogP contribution >= 0.6 is 23.2 Å². The molecule has 1 rings (SSSR count). The first-order valence-electron chi connectivity index (χ1n) is 3.56. The van der Waals surface area contributed by atoms with Crippen LogP contribution in [-0.2, 0) is 5.60 Å². The van der Waals surface area contributed by atoms with Crippen molar-refractivity contribution < 1.29 is 5.11 Å². The third-order valence-corrected chi connectivity index (χ3v) is 2.44. The summed E-state index contributed by atoms with van der Waals surface area (Å²) in [4.78, 5) is 0. The Morgan fingerprint density at radius 2 is 2.00 bits per heavy atom. The zero-order valence-corrected chi connectivity index (χ0v) is 8.39. The molecule has 0 aliphatic rings. The van der Waals surface area contributed by atoms with Crippen molar-refractivity contribution in [1.82, 2.24) is 0 Å². The molecule has 0 saturated heterocycles. The van der Waals surface area contributed by atoms with E-state index in [9.17, 15) is 5.11 Å². The quantitative estimate of drug-likeness (QED) is 0.733. The molecule has 1 N–H and O–H groups in total. The Labute approximate surface area is 86.3 Å². The van der Waals surface area contributed by atoms with Crippen molar-refractivity contribution in [2.45, 2.75) is 12.5 Å². The van der Waals surface area contributed by atoms with E-state index in [1.165, 1.54) is 13.0 Å². The SMILES string of the molecule is CC(O)(C#N)c1ccc(Cl)c(Cl)c1. The van der Waals surface area contributed by atoms with E-state index in [1.54, 1.807) is 18.2 Å². The second-order valence-corrected chi connectivity index (χ2v) is 3.63. The Hall–Kier alpha value is -0.750. The number of benzene rings is 1. The molecule has 1 aromatic carbocycles. The lowest BCUT2D eigenvalue weighted by atomic mass is 9.98. The normalized spacial score (nSPS) is 14.7. The van der Waals surface area contributed by atoms with Crippen LogP contribution in [0.5, 0.6) is 0 Å². The number of aliphatic hydroxyl groups is 1. The Balaban J connectivity index is 3.20. The maximum atomic E-state index is 9.55. The first kappa shape index (κ1) is 10.3. The molecule has 0 aliphatic carbocycles. The summed E-state index contributed by atoms with van der Waals surface area (Å²) in [5.74, 6) is 0. The van der Waals surface area contributed by atoms with Gasteiger partial charge >= 0.3 is 0 Å². The minimum atomic E-state index is -1.52. The molecule has 1 aromatic rings. The van der Waals surface area contributed by atoms with Gasteiger partial charge in [0.1, 0.15) is 6.07 Å². The van der Waals surface area contributed by atoms with Gasteiger partial charge in [-0.2, -0.15) is 5.26 Å². The van der Waals surface area contributed by atoms with Gasteiger partial charge in [-0.3, -0.25) is 0 Å². The molecular formula is C9H7Cl2NO. The van der Waals surface area contributed by atoms with Crippen LogP contribution in [0, 0.1) is 11.3 Å². The summed E-state index contributed by atoms with van der Waals surface area (Å²) >= 11 is 11.4. The molecule has 0 aliphatic heterocycles. The lowest BCUT2D eigenvalue weighted by Crippen LogP contribution is -2.17. The third kappa shape index (κ3) is 2.13. The maximum Gasteiger partial charge on any atom is 0.173 e. The Bertz CT molecular complexity index is 368. The summed E-state index contributed by atoms with van der Waals surface area (Å²) in [6, 6.07) is 6.35. The zero-order valence-electron chi connectivity index (χ0n) is 6.88. The smallest absolute Gasteiger partial charge is 0.173 e. The van der Waals surface area contributed by atoms with Gasteiger partial charge in [0.15, 0.2) is 5.60 Å². The van der Waals surface area contributed by atoms with Crippen LogP contribution in [0.2, 0.25) is 10.0 Å². The van der Waals surface area contributed by atoms with Crippen molar-refractivity contribution in [3.63, 3.8) is 0 Å². The van der Waals surface area contributed by atoms with Gasteiger partial charge in [-0.15, -0.1) is 0 Å². The van der Waals surface area contributed by atoms with Crippen LogP contribution in [0.3, 0.4) is 0 Å². The fourth-order valence-electron chi connectivity index (χ4n) is 0.863. The van der Waals surface area contributed by atoms with Crippen LogP contribution in [0.1, 0.15) is 12.5 Å². The first-order chi connectivity index (χ1) is 5.97. The average molecular weight is 216 g/mol. The summed E-state index contributed by atoms with van der Waals surface area (Å²) in [6.07, 6.45) is 0. The van der Waals surface area contributed by atoms with Gasteiger partial charge in [0, 0.05) is 0 Å². The summed E-state index contributed by atoms with van der Waals surface area (Å²) in [5.41, 5.74) is -1.08. The fraction of sp³-hybridized carbons (Fsp3) is 0.222. The molecule has 1 atom stereocenters. The molecule has 0 aromatic heterocycles. The molecule has 0 heterocycles. The van der Waals surface area contributed by atoms with Crippen LogP contribution in [0.15, 0.2) is 18.2 Å². The van der Waals surface area contributed by atoms with Crippen LogP contribution in [0.4, 0.5) is 0 Å². The van der Waals surface area contributed by atoms with Crippen molar-refractivity contribution in [2.75, 3.05) is 0 Å². The molecule has 2 nitrogen and oxygen atoms in total. The minimum Gasteiger partial charge on any atom is -0.372 e. The number of halogens is 2. The largest absolute Gasteiger partial charge is 0.372 e. The predicted molar refractivity (Wildman–Crippen MR) is 51.6 cm³/mol. The van der Waals surface area contributed by atoms with Crippen LogP contribution in [0.25, 0.3) is 0 Å². The molecule has 0 spiro atoms. The molecular weight excluding hydrogens is 209 g/mol. The van der Waals surface area contributed by atoms with Gasteiger partial charge in [0.25, 0.3) is 0 Å². The number of rotatable bonds is 1. The van der Waals surface area contributed by atoms with E-state index in [-0.39, 0.29) is 0 Å². The highest BCUT2D eigenvalue weighted by Crippen LogP contribution is 2.27. The van der Waals surface area contributed by atoms with E-state index in [4.69, 9.17) is 28.5 Å². The standard InChI is InChI=1S/C9H7Cl2NO/c1-9(13,5-12)6-2-3-7(10)8(11)4-6/h2-4,13H,1H3. The van der Waals surface area contributed by atoms with Crippen molar-refractivity contribution in [1.29, 1.82) is 5.26 Å². The van der Waals surface area contributed by atoms with E-state index >= 15 is 0 Å². The van der Waals surface area contributed by atoms with E-state index in [2.05, 4.69) is 0 Å². The summed E-state index contributed by atoms with van der Waals surface area (Å²) in [7, 11) is 0. The highest BCUT2D eigenvalue weighted by atomic mass is 35.5. The second-order valence-electron chi connectivity index (χ2n) is 2.81. The number of nitrogens with zero attached hydrogens (tertiary/aromatic N) is 1. The van der Waals surface area contributed by atoms with Gasteiger partial charge in [-0.25, -0.2) is 0 Å². The minimum absolute atomic E-state index is 0.328. The lowest BCUT2D eigenvalue weighted by molar-refractivity contribution is 0.119. The Kier molecular flexibility index (Phi) is 2.82. The molecule has 68 valence electrons. The van der Waals surface area contributed by atoms with Crippen molar-refractivity contribution in [3.05, 3.63) is 33.8 Å². The van der Waals surface area contributed by atoms with Crippen molar-refractivity contribution in [3.8, 4) is 6.07 Å². The highest BCUT2D eigenvalue weighted by molar-refractivity contribution is 6.42. The molecule has 0 fully saturated rings. The summed E-state index contributed by atoms with van der Waals surface area (Å²) < 4.78 is 0. The number of hydrogen-bond acceptors (Lipinski definition) is 2. The molecule has 13 heavy (non-hydrogen) atoms. The molecule has 0 radical (unpaired) electrons. The van der Waals surface area contributed by atoms with Gasteiger partial charge < -0.3 is 5.11 Å². The first-order valence-corrected chi connectivity index (χ1v) is 4.32. The average Bonchev–Trinajstić information content (AvgIpc) is 2.09. The van der Waals surface area contributed by atoms with E-state index in [1.807, 2.05) is 0 Å². The second kappa shape index (κ2) is 3.55.